The van der Waals surface area contributed by atoms with E-state index in [4.69, 9.17) is 0 Å². The summed E-state index contributed by atoms with van der Waals surface area (Å²) in [4.78, 5) is 12.3. The van der Waals surface area contributed by atoms with E-state index in [1.54, 1.807) is 0 Å². The molecular formula is C20H26N2O. The Morgan fingerprint density at radius 2 is 1.43 bits per heavy atom. The fraction of sp³-hybridized carbons (Fsp3) is 0.350. The maximum absolute atomic E-state index is 12.3. The van der Waals surface area contributed by atoms with E-state index in [2.05, 4.69) is 55.7 Å². The summed E-state index contributed by atoms with van der Waals surface area (Å²) in [6.07, 6.45) is 0. The van der Waals surface area contributed by atoms with Crippen LogP contribution in [0.1, 0.15) is 50.8 Å². The van der Waals surface area contributed by atoms with Gasteiger partial charge in [-0.25, -0.2) is 0 Å². The molecule has 0 radical (unpaired) electrons. The van der Waals surface area contributed by atoms with Gasteiger partial charge < -0.3 is 5.32 Å². The number of hydrogen-bond donors (Lipinski definition) is 2. The summed E-state index contributed by atoms with van der Waals surface area (Å²) in [5.41, 5.74) is 3.28. The lowest BCUT2D eigenvalue weighted by Crippen LogP contribution is -2.39. The van der Waals surface area contributed by atoms with Crippen LogP contribution in [0.3, 0.4) is 0 Å². The van der Waals surface area contributed by atoms with E-state index in [9.17, 15) is 4.79 Å². The first-order valence-corrected chi connectivity index (χ1v) is 8.19. The van der Waals surface area contributed by atoms with Crippen molar-refractivity contribution < 1.29 is 4.79 Å². The average molecular weight is 310 g/mol. The largest absolute Gasteiger partial charge is 0.325 e. The minimum atomic E-state index is -0.269. The second-order valence-corrected chi connectivity index (χ2v) is 6.29. The molecule has 2 atom stereocenters. The van der Waals surface area contributed by atoms with Crippen molar-refractivity contribution in [1.29, 1.82) is 0 Å². The van der Waals surface area contributed by atoms with Crippen LogP contribution in [-0.4, -0.2) is 11.9 Å². The van der Waals surface area contributed by atoms with Gasteiger partial charge in [0.15, 0.2) is 0 Å². The van der Waals surface area contributed by atoms with Crippen LogP contribution >= 0.6 is 0 Å². The fourth-order valence-electron chi connectivity index (χ4n) is 2.49. The maximum atomic E-state index is 12.3. The number of benzene rings is 2. The van der Waals surface area contributed by atoms with Crippen LogP contribution in [0.25, 0.3) is 0 Å². The molecule has 2 aromatic rings. The van der Waals surface area contributed by atoms with E-state index in [-0.39, 0.29) is 18.0 Å². The van der Waals surface area contributed by atoms with Crippen LogP contribution in [0.15, 0.2) is 54.6 Å². The van der Waals surface area contributed by atoms with Crippen LogP contribution in [0.4, 0.5) is 5.69 Å². The molecule has 2 rings (SSSR count). The van der Waals surface area contributed by atoms with Crippen molar-refractivity contribution in [3.05, 3.63) is 65.7 Å². The molecule has 0 aliphatic carbocycles. The molecule has 1 amide bonds. The second kappa shape index (κ2) is 7.93. The number of hydrogen-bond acceptors (Lipinski definition) is 2. The summed E-state index contributed by atoms with van der Waals surface area (Å²) in [5, 5.41) is 6.30. The van der Waals surface area contributed by atoms with Crippen LogP contribution in [0.5, 0.6) is 0 Å². The molecule has 0 aliphatic rings. The lowest BCUT2D eigenvalue weighted by Gasteiger charge is -2.20. The normalized spacial score (nSPS) is 13.6. The molecule has 0 spiro atoms. The summed E-state index contributed by atoms with van der Waals surface area (Å²) in [6.45, 7) is 8.27. The highest BCUT2D eigenvalue weighted by Gasteiger charge is 2.16. The molecule has 122 valence electrons. The molecule has 0 bridgehead atoms. The molecule has 23 heavy (non-hydrogen) atoms. The second-order valence-electron chi connectivity index (χ2n) is 6.29. The van der Waals surface area contributed by atoms with E-state index in [1.807, 2.05) is 37.3 Å². The fourth-order valence-corrected chi connectivity index (χ4v) is 2.49. The number of carbonyl (C=O) groups is 1. The van der Waals surface area contributed by atoms with Crippen LogP contribution in [-0.2, 0) is 4.79 Å². The highest BCUT2D eigenvalue weighted by molar-refractivity contribution is 5.94. The summed E-state index contributed by atoms with van der Waals surface area (Å²) < 4.78 is 0. The summed E-state index contributed by atoms with van der Waals surface area (Å²) in [7, 11) is 0. The van der Waals surface area contributed by atoms with E-state index < -0.39 is 0 Å². The molecule has 0 aromatic heterocycles. The Morgan fingerprint density at radius 3 is 2.00 bits per heavy atom. The zero-order valence-electron chi connectivity index (χ0n) is 14.3. The SMILES string of the molecule is CC(C)c1ccc(NC(=O)[C@@H](C)N[C@@H](C)c2ccccc2)cc1. The van der Waals surface area contributed by atoms with Gasteiger partial charge in [0.2, 0.25) is 5.91 Å². The summed E-state index contributed by atoms with van der Waals surface area (Å²) in [6, 6.07) is 18.0. The van der Waals surface area contributed by atoms with Gasteiger partial charge in [0.1, 0.15) is 0 Å². The van der Waals surface area contributed by atoms with Crippen molar-refractivity contribution in [2.45, 2.75) is 45.7 Å². The molecule has 0 saturated heterocycles. The van der Waals surface area contributed by atoms with Gasteiger partial charge in [-0.3, -0.25) is 10.1 Å². The van der Waals surface area contributed by atoms with Gasteiger partial charge in [-0.1, -0.05) is 56.3 Å². The number of carbonyl (C=O) groups excluding carboxylic acids is 1. The molecule has 2 aromatic carbocycles. The molecular weight excluding hydrogens is 284 g/mol. The van der Waals surface area contributed by atoms with Crippen LogP contribution in [0, 0.1) is 0 Å². The van der Waals surface area contributed by atoms with Crippen molar-refractivity contribution in [2.24, 2.45) is 0 Å². The number of nitrogens with one attached hydrogen (secondary N) is 2. The Hall–Kier alpha value is -2.13. The lowest BCUT2D eigenvalue weighted by molar-refractivity contribution is -0.117. The number of amides is 1. The van der Waals surface area contributed by atoms with Crippen molar-refractivity contribution in [3.63, 3.8) is 0 Å². The van der Waals surface area contributed by atoms with Crippen molar-refractivity contribution in [2.75, 3.05) is 5.32 Å². The quantitative estimate of drug-likeness (QED) is 0.825. The molecule has 0 heterocycles. The van der Waals surface area contributed by atoms with Gasteiger partial charge in [-0.05, 0) is 43.0 Å². The summed E-state index contributed by atoms with van der Waals surface area (Å²) in [5.74, 6) is 0.470. The van der Waals surface area contributed by atoms with Crippen molar-refractivity contribution in [3.8, 4) is 0 Å². The van der Waals surface area contributed by atoms with Gasteiger partial charge in [-0.2, -0.15) is 0 Å². The molecule has 0 saturated carbocycles. The van der Waals surface area contributed by atoms with E-state index >= 15 is 0 Å². The Morgan fingerprint density at radius 1 is 0.826 bits per heavy atom. The lowest BCUT2D eigenvalue weighted by atomic mass is 10.0. The Bertz CT molecular complexity index is 620. The Labute approximate surface area is 139 Å². The molecule has 3 heteroatoms. The topological polar surface area (TPSA) is 41.1 Å². The van der Waals surface area contributed by atoms with E-state index in [0.717, 1.165) is 5.69 Å². The van der Waals surface area contributed by atoms with Gasteiger partial charge in [-0.15, -0.1) is 0 Å². The third-order valence-electron chi connectivity index (χ3n) is 4.04. The van der Waals surface area contributed by atoms with Gasteiger partial charge in [0.25, 0.3) is 0 Å². The Kier molecular flexibility index (Phi) is 5.94. The highest BCUT2D eigenvalue weighted by atomic mass is 16.2. The van der Waals surface area contributed by atoms with Crippen LogP contribution < -0.4 is 10.6 Å². The molecule has 2 N–H and O–H groups in total. The third-order valence-corrected chi connectivity index (χ3v) is 4.04. The third kappa shape index (κ3) is 4.93. The first-order valence-electron chi connectivity index (χ1n) is 8.19. The van der Waals surface area contributed by atoms with Gasteiger partial charge in [0, 0.05) is 11.7 Å². The standard InChI is InChI=1S/C20H26N2O/c1-14(2)17-10-12-19(13-11-17)22-20(23)16(4)21-15(3)18-8-6-5-7-9-18/h5-16,21H,1-4H3,(H,22,23)/t15-,16+/m0/s1. The number of anilines is 1. The number of rotatable bonds is 6. The summed E-state index contributed by atoms with van der Waals surface area (Å²) >= 11 is 0. The average Bonchev–Trinajstić information content (AvgIpc) is 2.56. The predicted molar refractivity (Wildman–Crippen MR) is 96.6 cm³/mol. The zero-order chi connectivity index (χ0) is 16.8. The monoisotopic (exact) mass is 310 g/mol. The molecule has 0 aliphatic heterocycles. The molecule has 0 fully saturated rings. The zero-order valence-corrected chi connectivity index (χ0v) is 14.3. The predicted octanol–water partition coefficient (Wildman–Crippen LogP) is 4.49. The first kappa shape index (κ1) is 17.2. The first-order chi connectivity index (χ1) is 11.0. The smallest absolute Gasteiger partial charge is 0.241 e. The minimum absolute atomic E-state index is 0.0231. The van der Waals surface area contributed by atoms with Gasteiger partial charge in [0.05, 0.1) is 6.04 Å². The van der Waals surface area contributed by atoms with E-state index in [0.29, 0.717) is 5.92 Å². The molecule has 0 unspecified atom stereocenters. The Balaban J connectivity index is 1.92. The van der Waals surface area contributed by atoms with E-state index in [1.165, 1.54) is 11.1 Å². The maximum Gasteiger partial charge on any atom is 0.241 e. The minimum Gasteiger partial charge on any atom is -0.325 e. The van der Waals surface area contributed by atoms with Gasteiger partial charge >= 0.3 is 0 Å². The van der Waals surface area contributed by atoms with Crippen molar-refractivity contribution in [1.82, 2.24) is 5.32 Å². The van der Waals surface area contributed by atoms with Crippen LogP contribution in [0.2, 0.25) is 0 Å². The highest BCUT2D eigenvalue weighted by Crippen LogP contribution is 2.17. The van der Waals surface area contributed by atoms with Crippen molar-refractivity contribution >= 4 is 11.6 Å². The molecule has 3 nitrogen and oxygen atoms in total.